The number of fused-ring (bicyclic) bond motifs is 1. The van der Waals surface area contributed by atoms with Crippen molar-refractivity contribution in [1.82, 2.24) is 19.9 Å². The second-order valence-corrected chi connectivity index (χ2v) is 6.15. The van der Waals surface area contributed by atoms with E-state index in [0.29, 0.717) is 6.04 Å². The molecule has 0 bridgehead atoms. The molecule has 1 aliphatic carbocycles. The zero-order valence-electron chi connectivity index (χ0n) is 13.4. The molecule has 2 aromatic heterocycles. The number of para-hydroxylation sites is 2. The highest BCUT2D eigenvalue weighted by Gasteiger charge is 2.33. The molecule has 1 aliphatic rings. The third kappa shape index (κ3) is 2.65. The molecule has 0 radical (unpaired) electrons. The molecule has 24 heavy (non-hydrogen) atoms. The molecule has 0 atom stereocenters. The molecule has 0 spiro atoms. The maximum Gasteiger partial charge on any atom is 0.227 e. The van der Waals surface area contributed by atoms with Crippen LogP contribution in [0.1, 0.15) is 12.8 Å². The average molecular weight is 321 g/mol. The van der Waals surface area contributed by atoms with Crippen molar-refractivity contribution < 1.29 is 4.79 Å². The zero-order chi connectivity index (χ0) is 16.5. The molecule has 0 saturated heterocycles. The van der Waals surface area contributed by atoms with Crippen LogP contribution in [0, 0.1) is 5.92 Å². The molecule has 4 rings (SSSR count). The van der Waals surface area contributed by atoms with Crippen molar-refractivity contribution in [2.75, 3.05) is 12.4 Å². The predicted octanol–water partition coefficient (Wildman–Crippen LogP) is 2.36. The van der Waals surface area contributed by atoms with Crippen LogP contribution in [0.4, 0.5) is 5.69 Å². The van der Waals surface area contributed by atoms with E-state index >= 15 is 0 Å². The van der Waals surface area contributed by atoms with E-state index in [2.05, 4.69) is 20.6 Å². The Morgan fingerprint density at radius 2 is 2.00 bits per heavy atom. The quantitative estimate of drug-likeness (QED) is 0.774. The first-order valence-corrected chi connectivity index (χ1v) is 8.11. The first kappa shape index (κ1) is 14.8. The van der Waals surface area contributed by atoms with Crippen molar-refractivity contribution in [3.05, 3.63) is 48.9 Å². The SMILES string of the molecule is CNC1CC(C(=O)Nc2ccc(-n3cnc4ccccc43)nc2)C1. The van der Waals surface area contributed by atoms with Gasteiger partial charge in [-0.25, -0.2) is 9.97 Å². The number of amides is 1. The number of hydrogen-bond acceptors (Lipinski definition) is 4. The fraction of sp³-hybridized carbons (Fsp3) is 0.278. The summed E-state index contributed by atoms with van der Waals surface area (Å²) in [6.45, 7) is 0. The summed E-state index contributed by atoms with van der Waals surface area (Å²) in [5.41, 5.74) is 2.66. The van der Waals surface area contributed by atoms with Crippen molar-refractivity contribution in [3.8, 4) is 5.82 Å². The number of nitrogens with zero attached hydrogens (tertiary/aromatic N) is 3. The second kappa shape index (κ2) is 6.05. The van der Waals surface area contributed by atoms with Crippen LogP contribution >= 0.6 is 0 Å². The van der Waals surface area contributed by atoms with Crippen LogP contribution in [0.3, 0.4) is 0 Å². The Kier molecular flexibility index (Phi) is 3.74. The number of imidazole rings is 1. The molecule has 2 N–H and O–H groups in total. The standard InChI is InChI=1S/C18H19N5O/c1-19-14-8-12(9-14)18(24)22-13-6-7-17(20-10-13)23-11-21-15-4-2-3-5-16(15)23/h2-7,10-12,14,19H,8-9H2,1H3,(H,22,24). The van der Waals surface area contributed by atoms with E-state index in [4.69, 9.17) is 0 Å². The molecule has 6 heteroatoms. The van der Waals surface area contributed by atoms with Crippen LogP contribution in [0.25, 0.3) is 16.9 Å². The smallest absolute Gasteiger partial charge is 0.227 e. The van der Waals surface area contributed by atoms with Gasteiger partial charge < -0.3 is 10.6 Å². The van der Waals surface area contributed by atoms with Crippen LogP contribution in [0.5, 0.6) is 0 Å². The minimum atomic E-state index is 0.0733. The Morgan fingerprint density at radius 3 is 2.75 bits per heavy atom. The molecule has 1 amide bonds. The summed E-state index contributed by atoms with van der Waals surface area (Å²) in [4.78, 5) is 21.0. The Hall–Kier alpha value is -2.73. The number of nitrogens with one attached hydrogen (secondary N) is 2. The van der Waals surface area contributed by atoms with Gasteiger partial charge in [0.15, 0.2) is 0 Å². The lowest BCUT2D eigenvalue weighted by molar-refractivity contribution is -0.122. The molecule has 6 nitrogen and oxygen atoms in total. The van der Waals surface area contributed by atoms with Crippen LogP contribution in [-0.2, 0) is 4.79 Å². The van der Waals surface area contributed by atoms with Gasteiger partial charge in [-0.15, -0.1) is 0 Å². The monoisotopic (exact) mass is 321 g/mol. The Labute approximate surface area is 139 Å². The maximum atomic E-state index is 12.2. The van der Waals surface area contributed by atoms with Crippen molar-refractivity contribution in [1.29, 1.82) is 0 Å². The zero-order valence-corrected chi connectivity index (χ0v) is 13.4. The van der Waals surface area contributed by atoms with E-state index in [0.717, 1.165) is 35.4 Å². The summed E-state index contributed by atoms with van der Waals surface area (Å²) < 4.78 is 1.93. The van der Waals surface area contributed by atoms with Gasteiger partial charge in [0.2, 0.25) is 5.91 Å². The molecule has 0 aliphatic heterocycles. The van der Waals surface area contributed by atoms with Crippen LogP contribution in [0.2, 0.25) is 0 Å². The van der Waals surface area contributed by atoms with Gasteiger partial charge in [-0.05, 0) is 44.2 Å². The number of aromatic nitrogens is 3. The number of carbonyl (C=O) groups excluding carboxylic acids is 1. The number of anilines is 1. The van der Waals surface area contributed by atoms with Gasteiger partial charge >= 0.3 is 0 Å². The van der Waals surface area contributed by atoms with Gasteiger partial charge in [0.05, 0.1) is 22.9 Å². The third-order valence-electron chi connectivity index (χ3n) is 4.63. The van der Waals surface area contributed by atoms with E-state index in [1.807, 2.05) is 48.0 Å². The van der Waals surface area contributed by atoms with Crippen molar-refractivity contribution in [2.45, 2.75) is 18.9 Å². The minimum absolute atomic E-state index is 0.0733. The number of hydrogen-bond donors (Lipinski definition) is 2. The van der Waals surface area contributed by atoms with Crippen LogP contribution in [-0.4, -0.2) is 33.5 Å². The number of carbonyl (C=O) groups is 1. The number of rotatable bonds is 4. The number of pyridine rings is 1. The fourth-order valence-corrected chi connectivity index (χ4v) is 3.06. The minimum Gasteiger partial charge on any atom is -0.324 e. The molecule has 1 saturated carbocycles. The molecular formula is C18H19N5O. The Balaban J connectivity index is 1.48. The normalized spacial score (nSPS) is 19.9. The van der Waals surface area contributed by atoms with Gasteiger partial charge in [-0.3, -0.25) is 9.36 Å². The van der Waals surface area contributed by atoms with E-state index in [1.54, 1.807) is 12.5 Å². The van der Waals surface area contributed by atoms with Gasteiger partial charge in [-0.1, -0.05) is 12.1 Å². The maximum absolute atomic E-state index is 12.2. The highest BCUT2D eigenvalue weighted by Crippen LogP contribution is 2.28. The Morgan fingerprint density at radius 1 is 1.17 bits per heavy atom. The fourth-order valence-electron chi connectivity index (χ4n) is 3.06. The first-order valence-electron chi connectivity index (χ1n) is 8.11. The van der Waals surface area contributed by atoms with E-state index < -0.39 is 0 Å². The predicted molar refractivity (Wildman–Crippen MR) is 93.1 cm³/mol. The van der Waals surface area contributed by atoms with E-state index in [1.165, 1.54) is 0 Å². The van der Waals surface area contributed by atoms with E-state index in [9.17, 15) is 4.79 Å². The molecule has 122 valence electrons. The van der Waals surface area contributed by atoms with Crippen molar-refractivity contribution >= 4 is 22.6 Å². The molecule has 3 aromatic rings. The van der Waals surface area contributed by atoms with Crippen molar-refractivity contribution in [3.63, 3.8) is 0 Å². The van der Waals surface area contributed by atoms with Gasteiger partial charge in [0, 0.05) is 12.0 Å². The summed E-state index contributed by atoms with van der Waals surface area (Å²) >= 11 is 0. The van der Waals surface area contributed by atoms with Crippen LogP contribution < -0.4 is 10.6 Å². The van der Waals surface area contributed by atoms with Gasteiger partial charge in [0.1, 0.15) is 12.1 Å². The molecular weight excluding hydrogens is 302 g/mol. The third-order valence-corrected chi connectivity index (χ3v) is 4.63. The Bertz CT molecular complexity index is 865. The summed E-state index contributed by atoms with van der Waals surface area (Å²) in [6, 6.07) is 12.2. The van der Waals surface area contributed by atoms with Crippen molar-refractivity contribution in [2.24, 2.45) is 5.92 Å². The first-order chi connectivity index (χ1) is 11.7. The number of benzene rings is 1. The summed E-state index contributed by atoms with van der Waals surface area (Å²) in [5, 5.41) is 6.13. The van der Waals surface area contributed by atoms with Gasteiger partial charge in [-0.2, -0.15) is 0 Å². The largest absolute Gasteiger partial charge is 0.324 e. The van der Waals surface area contributed by atoms with E-state index in [-0.39, 0.29) is 11.8 Å². The topological polar surface area (TPSA) is 71.8 Å². The lowest BCUT2D eigenvalue weighted by Gasteiger charge is -2.33. The summed E-state index contributed by atoms with van der Waals surface area (Å²) in [6.07, 6.45) is 5.25. The molecule has 1 aromatic carbocycles. The van der Waals surface area contributed by atoms with Gasteiger partial charge in [0.25, 0.3) is 0 Å². The highest BCUT2D eigenvalue weighted by molar-refractivity contribution is 5.93. The molecule has 2 heterocycles. The summed E-state index contributed by atoms with van der Waals surface area (Å²) in [5.74, 6) is 0.949. The molecule has 0 unspecified atom stereocenters. The lowest BCUT2D eigenvalue weighted by Crippen LogP contribution is -2.44. The molecule has 1 fully saturated rings. The average Bonchev–Trinajstić information content (AvgIpc) is 2.99. The second-order valence-electron chi connectivity index (χ2n) is 6.15. The summed E-state index contributed by atoms with van der Waals surface area (Å²) in [7, 11) is 1.93. The lowest BCUT2D eigenvalue weighted by atomic mass is 9.80. The van der Waals surface area contributed by atoms with Crippen LogP contribution in [0.15, 0.2) is 48.9 Å². The highest BCUT2D eigenvalue weighted by atomic mass is 16.1.